The number of hydrogen-bond donors (Lipinski definition) is 2. The van der Waals surface area contributed by atoms with Crippen LogP contribution >= 0.6 is 0 Å². The third-order valence-electron chi connectivity index (χ3n) is 3.97. The molecule has 0 bridgehead atoms. The lowest BCUT2D eigenvalue weighted by Crippen LogP contribution is -2.48. The third-order valence-corrected chi connectivity index (χ3v) is 3.97. The number of urea groups is 1. The number of anilines is 1. The quantitative estimate of drug-likeness (QED) is 0.862. The first-order chi connectivity index (χ1) is 10.5. The summed E-state index contributed by atoms with van der Waals surface area (Å²) in [5.41, 5.74) is 0.351. The van der Waals surface area contributed by atoms with E-state index in [1.807, 2.05) is 0 Å². The van der Waals surface area contributed by atoms with Crippen LogP contribution in [-0.4, -0.2) is 66.6 Å². The molecule has 0 spiro atoms. The van der Waals surface area contributed by atoms with Crippen LogP contribution in [0, 0.1) is 5.82 Å². The molecule has 0 aliphatic carbocycles. The van der Waals surface area contributed by atoms with E-state index in [2.05, 4.69) is 39.4 Å². The molecule has 1 aliphatic heterocycles. The van der Waals surface area contributed by atoms with Crippen LogP contribution in [0.4, 0.5) is 14.9 Å². The van der Waals surface area contributed by atoms with Crippen molar-refractivity contribution in [2.45, 2.75) is 19.4 Å². The van der Waals surface area contributed by atoms with Gasteiger partial charge in [-0.05, 0) is 20.4 Å². The number of halogens is 1. The number of aromatic nitrogens is 1. The van der Waals surface area contributed by atoms with Crippen molar-refractivity contribution in [2.24, 2.45) is 0 Å². The summed E-state index contributed by atoms with van der Waals surface area (Å²) in [5, 5.41) is 5.36. The van der Waals surface area contributed by atoms with Crippen LogP contribution < -0.4 is 10.6 Å². The standard InChI is InChI=1S/C15H24FN5O/c1-12(21-7-5-20(2)6-8-21)3-4-18-15(22)19-14-9-13(16)10-17-11-14/h9-12H,3-8H2,1-2H3,(H2,18,19,22). The van der Waals surface area contributed by atoms with Gasteiger partial charge in [-0.15, -0.1) is 0 Å². The van der Waals surface area contributed by atoms with Gasteiger partial charge in [0.2, 0.25) is 0 Å². The number of carbonyl (C=O) groups is 1. The van der Waals surface area contributed by atoms with Gasteiger partial charge < -0.3 is 15.5 Å². The van der Waals surface area contributed by atoms with E-state index in [9.17, 15) is 9.18 Å². The number of amides is 2. The monoisotopic (exact) mass is 309 g/mol. The van der Waals surface area contributed by atoms with Gasteiger partial charge in [-0.3, -0.25) is 9.88 Å². The van der Waals surface area contributed by atoms with Crippen molar-refractivity contribution < 1.29 is 9.18 Å². The molecule has 6 nitrogen and oxygen atoms in total. The average Bonchev–Trinajstić information content (AvgIpc) is 2.47. The minimum absolute atomic E-state index is 0.335. The van der Waals surface area contributed by atoms with Gasteiger partial charge >= 0.3 is 6.03 Å². The minimum atomic E-state index is -0.471. The van der Waals surface area contributed by atoms with Crippen molar-refractivity contribution in [1.29, 1.82) is 0 Å². The Labute approximate surface area is 130 Å². The molecule has 22 heavy (non-hydrogen) atoms. The molecule has 7 heteroatoms. The summed E-state index contributed by atoms with van der Waals surface area (Å²) >= 11 is 0. The zero-order chi connectivity index (χ0) is 15.9. The summed E-state index contributed by atoms with van der Waals surface area (Å²) in [4.78, 5) is 20.2. The maximum absolute atomic E-state index is 13.0. The van der Waals surface area contributed by atoms with Gasteiger partial charge in [-0.1, -0.05) is 0 Å². The lowest BCUT2D eigenvalue weighted by Gasteiger charge is -2.36. The Morgan fingerprint density at radius 2 is 2.09 bits per heavy atom. The van der Waals surface area contributed by atoms with E-state index in [0.717, 1.165) is 38.8 Å². The molecule has 2 rings (SSSR count). The number of carbonyl (C=O) groups excluding carboxylic acids is 1. The average molecular weight is 309 g/mol. The van der Waals surface area contributed by atoms with Crippen LogP contribution in [0.15, 0.2) is 18.5 Å². The third kappa shape index (κ3) is 5.23. The van der Waals surface area contributed by atoms with E-state index in [-0.39, 0.29) is 6.03 Å². The number of pyridine rings is 1. The molecule has 1 atom stereocenters. The summed E-state index contributed by atoms with van der Waals surface area (Å²) in [6, 6.07) is 1.34. The highest BCUT2D eigenvalue weighted by Gasteiger charge is 2.18. The second-order valence-corrected chi connectivity index (χ2v) is 5.75. The maximum Gasteiger partial charge on any atom is 0.319 e. The van der Waals surface area contributed by atoms with Crippen molar-refractivity contribution in [3.05, 3.63) is 24.3 Å². The number of nitrogens with zero attached hydrogens (tertiary/aromatic N) is 3. The topological polar surface area (TPSA) is 60.5 Å². The van der Waals surface area contributed by atoms with Crippen LogP contribution in [0.5, 0.6) is 0 Å². The van der Waals surface area contributed by atoms with Crippen LogP contribution in [0.3, 0.4) is 0 Å². The van der Waals surface area contributed by atoms with Gasteiger partial charge in [0.05, 0.1) is 18.1 Å². The van der Waals surface area contributed by atoms with Crippen molar-refractivity contribution in [3.63, 3.8) is 0 Å². The van der Waals surface area contributed by atoms with Crippen molar-refractivity contribution in [3.8, 4) is 0 Å². The fraction of sp³-hybridized carbons (Fsp3) is 0.600. The number of nitrogens with one attached hydrogen (secondary N) is 2. The molecular formula is C15H24FN5O. The summed E-state index contributed by atoms with van der Waals surface area (Å²) in [6.45, 7) is 7.08. The first-order valence-corrected chi connectivity index (χ1v) is 7.62. The fourth-order valence-electron chi connectivity index (χ4n) is 2.50. The van der Waals surface area contributed by atoms with Gasteiger partial charge in [0.25, 0.3) is 0 Å². The molecule has 1 fully saturated rings. The van der Waals surface area contributed by atoms with Crippen LogP contribution in [0.1, 0.15) is 13.3 Å². The molecule has 1 aromatic rings. The molecule has 1 saturated heterocycles. The van der Waals surface area contributed by atoms with E-state index in [1.54, 1.807) is 0 Å². The van der Waals surface area contributed by atoms with Crippen molar-refractivity contribution >= 4 is 11.7 Å². The predicted molar refractivity (Wildman–Crippen MR) is 84.4 cm³/mol. The Morgan fingerprint density at radius 3 is 2.77 bits per heavy atom. The van der Waals surface area contributed by atoms with Gasteiger partial charge in [0.1, 0.15) is 5.82 Å². The normalized spacial score (nSPS) is 18.0. The zero-order valence-corrected chi connectivity index (χ0v) is 13.2. The molecule has 2 heterocycles. The Kier molecular flexibility index (Phi) is 6.09. The molecule has 122 valence electrons. The molecule has 1 aromatic heterocycles. The second kappa shape index (κ2) is 8.05. The molecular weight excluding hydrogens is 285 g/mol. The Bertz CT molecular complexity index is 491. The fourth-order valence-corrected chi connectivity index (χ4v) is 2.50. The number of likely N-dealkylation sites (N-methyl/N-ethyl adjacent to an activating group) is 1. The molecule has 0 radical (unpaired) electrons. The van der Waals surface area contributed by atoms with Gasteiger partial charge in [-0.2, -0.15) is 0 Å². The van der Waals surface area contributed by atoms with Crippen LogP contribution in [0.2, 0.25) is 0 Å². The molecule has 0 aromatic carbocycles. The molecule has 2 amide bonds. The summed E-state index contributed by atoms with van der Waals surface area (Å²) < 4.78 is 13.0. The Balaban J connectivity index is 1.66. The van der Waals surface area contributed by atoms with Gasteiger partial charge in [0, 0.05) is 44.8 Å². The molecule has 0 saturated carbocycles. The number of piperazine rings is 1. The SMILES string of the molecule is CC(CCNC(=O)Nc1cncc(F)c1)N1CCN(C)CC1. The second-order valence-electron chi connectivity index (χ2n) is 5.75. The first-order valence-electron chi connectivity index (χ1n) is 7.62. The smallest absolute Gasteiger partial charge is 0.319 e. The van der Waals surface area contributed by atoms with E-state index >= 15 is 0 Å². The van der Waals surface area contributed by atoms with E-state index in [1.165, 1.54) is 12.3 Å². The highest BCUT2D eigenvalue weighted by atomic mass is 19.1. The van der Waals surface area contributed by atoms with Crippen LogP contribution in [-0.2, 0) is 0 Å². The summed E-state index contributed by atoms with van der Waals surface area (Å²) in [5.74, 6) is -0.471. The lowest BCUT2D eigenvalue weighted by molar-refractivity contribution is 0.115. The Morgan fingerprint density at radius 1 is 1.36 bits per heavy atom. The van der Waals surface area contributed by atoms with Crippen molar-refractivity contribution in [1.82, 2.24) is 20.1 Å². The lowest BCUT2D eigenvalue weighted by atomic mass is 10.1. The summed E-state index contributed by atoms with van der Waals surface area (Å²) in [6.07, 6.45) is 3.40. The predicted octanol–water partition coefficient (Wildman–Crippen LogP) is 1.37. The van der Waals surface area contributed by atoms with E-state index in [4.69, 9.17) is 0 Å². The Hall–Kier alpha value is -1.73. The van der Waals surface area contributed by atoms with Crippen LogP contribution in [0.25, 0.3) is 0 Å². The highest BCUT2D eigenvalue weighted by molar-refractivity contribution is 5.88. The minimum Gasteiger partial charge on any atom is -0.338 e. The number of rotatable bonds is 5. The molecule has 1 unspecified atom stereocenters. The largest absolute Gasteiger partial charge is 0.338 e. The highest BCUT2D eigenvalue weighted by Crippen LogP contribution is 2.08. The maximum atomic E-state index is 13.0. The molecule has 1 aliphatic rings. The first kappa shape index (κ1) is 16.6. The zero-order valence-electron chi connectivity index (χ0n) is 13.2. The number of hydrogen-bond acceptors (Lipinski definition) is 4. The van der Waals surface area contributed by atoms with Gasteiger partial charge in [-0.25, -0.2) is 9.18 Å². The summed E-state index contributed by atoms with van der Waals surface area (Å²) in [7, 11) is 2.13. The van der Waals surface area contributed by atoms with E-state index in [0.29, 0.717) is 18.3 Å². The van der Waals surface area contributed by atoms with E-state index < -0.39 is 5.82 Å². The molecule has 2 N–H and O–H groups in total. The van der Waals surface area contributed by atoms with Crippen molar-refractivity contribution in [2.75, 3.05) is 45.1 Å². The van der Waals surface area contributed by atoms with Gasteiger partial charge in [0.15, 0.2) is 0 Å².